The quantitative estimate of drug-likeness (QED) is 0.757. The van der Waals surface area contributed by atoms with Gasteiger partial charge in [-0.3, -0.25) is 9.69 Å². The van der Waals surface area contributed by atoms with Crippen LogP contribution in [0.4, 0.5) is 5.69 Å². The molecule has 1 aliphatic rings. The Kier molecular flexibility index (Phi) is 3.32. The monoisotopic (exact) mass is 288 g/mol. The van der Waals surface area contributed by atoms with Gasteiger partial charge in [-0.15, -0.1) is 0 Å². The van der Waals surface area contributed by atoms with Crippen LogP contribution in [0.5, 0.6) is 5.75 Å². The molecule has 2 heterocycles. The summed E-state index contributed by atoms with van der Waals surface area (Å²) < 4.78 is 5.64. The highest BCUT2D eigenvalue weighted by Gasteiger charge is 2.31. The molecule has 1 aromatic carbocycles. The van der Waals surface area contributed by atoms with E-state index in [1.54, 1.807) is 23.2 Å². The summed E-state index contributed by atoms with van der Waals surface area (Å²) in [6, 6.07) is 10.8. The molecule has 20 heavy (non-hydrogen) atoms. The number of aromatic nitrogens is 1. The maximum absolute atomic E-state index is 12.7. The van der Waals surface area contributed by atoms with Crippen molar-refractivity contribution >= 4 is 23.2 Å². The minimum atomic E-state index is -0.161. The number of pyridine rings is 1. The van der Waals surface area contributed by atoms with Crippen LogP contribution in [0.15, 0.2) is 42.6 Å². The Bertz CT molecular complexity index is 660. The average Bonchev–Trinajstić information content (AvgIpc) is 2.47. The number of halogens is 1. The van der Waals surface area contributed by atoms with Crippen LogP contribution in [0.25, 0.3) is 0 Å². The van der Waals surface area contributed by atoms with E-state index in [1.165, 1.54) is 0 Å². The summed E-state index contributed by atoms with van der Waals surface area (Å²) in [7, 11) is 0. The van der Waals surface area contributed by atoms with E-state index in [2.05, 4.69) is 4.98 Å². The van der Waals surface area contributed by atoms with Gasteiger partial charge in [0.05, 0.1) is 17.3 Å². The average molecular weight is 289 g/mol. The molecule has 0 saturated heterocycles. The first kappa shape index (κ1) is 12.9. The summed E-state index contributed by atoms with van der Waals surface area (Å²) in [6.45, 7) is 2.40. The van der Waals surface area contributed by atoms with Gasteiger partial charge in [0.25, 0.3) is 5.91 Å². The second kappa shape index (κ2) is 5.13. The smallest absolute Gasteiger partial charge is 0.261 e. The van der Waals surface area contributed by atoms with Gasteiger partial charge < -0.3 is 4.74 Å². The molecule has 0 N–H and O–H groups in total. The Hall–Kier alpha value is -2.07. The highest BCUT2D eigenvalue weighted by molar-refractivity contribution is 6.33. The highest BCUT2D eigenvalue weighted by atomic mass is 35.5. The fourth-order valence-corrected chi connectivity index (χ4v) is 2.49. The molecule has 3 rings (SSSR count). The predicted octanol–water partition coefficient (Wildman–Crippen LogP) is 3.16. The highest BCUT2D eigenvalue weighted by Crippen LogP contribution is 2.34. The molecule has 1 aromatic heterocycles. The molecule has 2 aromatic rings. The predicted molar refractivity (Wildman–Crippen MR) is 77.5 cm³/mol. The van der Waals surface area contributed by atoms with E-state index in [0.29, 0.717) is 17.9 Å². The van der Waals surface area contributed by atoms with Crippen molar-refractivity contribution < 1.29 is 9.53 Å². The number of carbonyl (C=O) groups is 1. The third kappa shape index (κ3) is 2.12. The lowest BCUT2D eigenvalue weighted by Gasteiger charge is -2.35. The summed E-state index contributed by atoms with van der Waals surface area (Å²) in [5.41, 5.74) is 1.16. The molecule has 1 aliphatic heterocycles. The van der Waals surface area contributed by atoms with Gasteiger partial charge >= 0.3 is 0 Å². The first-order chi connectivity index (χ1) is 9.68. The molecule has 0 saturated carbocycles. The zero-order valence-corrected chi connectivity index (χ0v) is 11.7. The van der Waals surface area contributed by atoms with E-state index < -0.39 is 0 Å². The molecule has 0 spiro atoms. The molecule has 5 heteroatoms. The number of ether oxygens (including phenoxy) is 1. The Labute approximate surface area is 122 Å². The van der Waals surface area contributed by atoms with Crippen molar-refractivity contribution in [1.82, 2.24) is 4.98 Å². The van der Waals surface area contributed by atoms with Gasteiger partial charge in [0.2, 0.25) is 0 Å². The maximum atomic E-state index is 12.7. The Morgan fingerprint density at radius 2 is 2.15 bits per heavy atom. The van der Waals surface area contributed by atoms with Crippen LogP contribution in [0.1, 0.15) is 17.3 Å². The SMILES string of the molecule is C[C@H]1COc2ccccc2N1C(=O)c1cccnc1Cl. The molecule has 1 atom stereocenters. The zero-order valence-electron chi connectivity index (χ0n) is 10.9. The van der Waals surface area contributed by atoms with E-state index in [1.807, 2.05) is 31.2 Å². The minimum absolute atomic E-state index is 0.0614. The van der Waals surface area contributed by atoms with Gasteiger partial charge in [-0.05, 0) is 31.2 Å². The molecule has 1 amide bonds. The molecule has 0 radical (unpaired) electrons. The van der Waals surface area contributed by atoms with Crippen molar-refractivity contribution in [3.63, 3.8) is 0 Å². The number of para-hydroxylation sites is 2. The molecular weight excluding hydrogens is 276 g/mol. The maximum Gasteiger partial charge on any atom is 0.261 e. The van der Waals surface area contributed by atoms with Crippen molar-refractivity contribution in [2.75, 3.05) is 11.5 Å². The lowest BCUT2D eigenvalue weighted by atomic mass is 10.1. The van der Waals surface area contributed by atoms with Gasteiger partial charge in [0.1, 0.15) is 17.5 Å². The third-order valence-corrected chi connectivity index (χ3v) is 3.56. The standard InChI is InChI=1S/C15H13ClN2O2/c1-10-9-20-13-7-3-2-6-12(13)18(10)15(19)11-5-4-8-17-14(11)16/h2-8,10H,9H2,1H3/t10-/m0/s1. The summed E-state index contributed by atoms with van der Waals surface area (Å²) >= 11 is 6.02. The van der Waals surface area contributed by atoms with Crippen molar-refractivity contribution in [2.45, 2.75) is 13.0 Å². The largest absolute Gasteiger partial charge is 0.489 e. The molecular formula is C15H13ClN2O2. The Morgan fingerprint density at radius 3 is 2.95 bits per heavy atom. The number of benzene rings is 1. The van der Waals surface area contributed by atoms with Gasteiger partial charge in [-0.25, -0.2) is 4.98 Å². The lowest BCUT2D eigenvalue weighted by molar-refractivity contribution is 0.0961. The number of hydrogen-bond donors (Lipinski definition) is 0. The summed E-state index contributed by atoms with van der Waals surface area (Å²) in [5, 5.41) is 0.216. The number of fused-ring (bicyclic) bond motifs is 1. The second-order valence-electron chi connectivity index (χ2n) is 4.64. The fraction of sp³-hybridized carbons (Fsp3) is 0.200. The van der Waals surface area contributed by atoms with E-state index in [-0.39, 0.29) is 17.1 Å². The lowest BCUT2D eigenvalue weighted by Crippen LogP contribution is -2.45. The molecule has 0 aliphatic carbocycles. The van der Waals surface area contributed by atoms with Crippen LogP contribution in [0.2, 0.25) is 5.15 Å². The normalized spacial score (nSPS) is 17.3. The van der Waals surface area contributed by atoms with E-state index in [0.717, 1.165) is 5.69 Å². The van der Waals surface area contributed by atoms with Crippen LogP contribution in [-0.4, -0.2) is 23.5 Å². The van der Waals surface area contributed by atoms with E-state index >= 15 is 0 Å². The van der Waals surface area contributed by atoms with Gasteiger partial charge in [0, 0.05) is 6.20 Å². The first-order valence-electron chi connectivity index (χ1n) is 6.34. The van der Waals surface area contributed by atoms with Crippen LogP contribution in [-0.2, 0) is 0 Å². The summed E-state index contributed by atoms with van der Waals surface area (Å²) in [5.74, 6) is 0.547. The molecule has 4 nitrogen and oxygen atoms in total. The molecule has 0 unspecified atom stereocenters. The van der Waals surface area contributed by atoms with Gasteiger partial charge in [-0.1, -0.05) is 23.7 Å². The van der Waals surface area contributed by atoms with Crippen LogP contribution in [0, 0.1) is 0 Å². The number of amides is 1. The van der Waals surface area contributed by atoms with E-state index in [4.69, 9.17) is 16.3 Å². The topological polar surface area (TPSA) is 42.4 Å². The fourth-order valence-electron chi connectivity index (χ4n) is 2.29. The molecule has 102 valence electrons. The van der Waals surface area contributed by atoms with E-state index in [9.17, 15) is 4.79 Å². The van der Waals surface area contributed by atoms with Crippen molar-refractivity contribution in [1.29, 1.82) is 0 Å². The first-order valence-corrected chi connectivity index (χ1v) is 6.72. The van der Waals surface area contributed by atoms with Crippen molar-refractivity contribution in [3.8, 4) is 5.75 Å². The number of rotatable bonds is 1. The summed E-state index contributed by atoms with van der Waals surface area (Å²) in [6.07, 6.45) is 1.57. The van der Waals surface area contributed by atoms with Crippen LogP contribution in [0.3, 0.4) is 0 Å². The number of carbonyl (C=O) groups excluding carboxylic acids is 1. The molecule has 0 bridgehead atoms. The number of nitrogens with zero attached hydrogens (tertiary/aromatic N) is 2. The third-order valence-electron chi connectivity index (χ3n) is 3.25. The second-order valence-corrected chi connectivity index (χ2v) is 5.00. The Balaban J connectivity index is 2.05. The Morgan fingerprint density at radius 1 is 1.35 bits per heavy atom. The zero-order chi connectivity index (χ0) is 14.1. The number of anilines is 1. The number of hydrogen-bond acceptors (Lipinski definition) is 3. The molecule has 0 fully saturated rings. The van der Waals surface area contributed by atoms with Crippen molar-refractivity contribution in [2.24, 2.45) is 0 Å². The minimum Gasteiger partial charge on any atom is -0.489 e. The van der Waals surface area contributed by atoms with Crippen LogP contribution < -0.4 is 9.64 Å². The van der Waals surface area contributed by atoms with Gasteiger partial charge in [0.15, 0.2) is 0 Å². The van der Waals surface area contributed by atoms with Gasteiger partial charge in [-0.2, -0.15) is 0 Å². The van der Waals surface area contributed by atoms with Crippen LogP contribution >= 0.6 is 11.6 Å². The summed E-state index contributed by atoms with van der Waals surface area (Å²) in [4.78, 5) is 18.4. The van der Waals surface area contributed by atoms with Crippen molar-refractivity contribution in [3.05, 3.63) is 53.3 Å².